The van der Waals surface area contributed by atoms with Crippen LogP contribution in [0.3, 0.4) is 0 Å². The van der Waals surface area contributed by atoms with Crippen LogP contribution in [0, 0.1) is 11.3 Å². The maximum Gasteiger partial charge on any atom is 0.338 e. The summed E-state index contributed by atoms with van der Waals surface area (Å²) in [7, 11) is 0. The first-order chi connectivity index (χ1) is 12.6. The SMILES string of the molecule is CC[C@@]12CCCCN3[C@H](COC(=O)c4ccc(Br)cc4)C[C@@H](CCC1)[C@H]32.Cl. The predicted molar refractivity (Wildman–Crippen MR) is 114 cm³/mol. The fraction of sp³-hybridized carbons (Fsp3) is 0.682. The van der Waals surface area contributed by atoms with Gasteiger partial charge in [0, 0.05) is 16.6 Å². The molecule has 0 radical (unpaired) electrons. The molecule has 0 unspecified atom stereocenters. The van der Waals surface area contributed by atoms with E-state index < -0.39 is 0 Å². The second-order valence-corrected chi connectivity index (χ2v) is 9.42. The highest BCUT2D eigenvalue weighted by molar-refractivity contribution is 9.10. The lowest BCUT2D eigenvalue weighted by Crippen LogP contribution is -2.50. The highest BCUT2D eigenvalue weighted by Gasteiger charge is 2.53. The Kier molecular flexibility index (Phi) is 6.92. The van der Waals surface area contributed by atoms with Gasteiger partial charge in [0.15, 0.2) is 0 Å². The van der Waals surface area contributed by atoms with E-state index in [1.165, 1.54) is 57.9 Å². The summed E-state index contributed by atoms with van der Waals surface area (Å²) in [6.07, 6.45) is 10.7. The van der Waals surface area contributed by atoms with E-state index in [0.717, 1.165) is 16.4 Å². The molecular formula is C22H31BrClNO2. The van der Waals surface area contributed by atoms with Gasteiger partial charge >= 0.3 is 5.97 Å². The van der Waals surface area contributed by atoms with Crippen LogP contribution in [0.5, 0.6) is 0 Å². The Morgan fingerprint density at radius 2 is 1.96 bits per heavy atom. The van der Waals surface area contributed by atoms with Gasteiger partial charge in [-0.25, -0.2) is 4.79 Å². The molecule has 3 aliphatic rings. The van der Waals surface area contributed by atoms with E-state index in [0.29, 0.717) is 23.6 Å². The third-order valence-corrected chi connectivity index (χ3v) is 7.79. The van der Waals surface area contributed by atoms with E-state index in [1.54, 1.807) is 0 Å². The number of nitrogens with zero attached hydrogens (tertiary/aromatic N) is 1. The van der Waals surface area contributed by atoms with Crippen LogP contribution in [0.4, 0.5) is 0 Å². The van der Waals surface area contributed by atoms with Crippen LogP contribution < -0.4 is 0 Å². The molecule has 0 bridgehead atoms. The van der Waals surface area contributed by atoms with Crippen molar-refractivity contribution < 1.29 is 9.53 Å². The first-order valence-corrected chi connectivity index (χ1v) is 11.1. The maximum absolute atomic E-state index is 12.4. The summed E-state index contributed by atoms with van der Waals surface area (Å²) in [6.45, 7) is 4.12. The zero-order chi connectivity index (χ0) is 18.1. The molecule has 2 saturated heterocycles. The fourth-order valence-electron chi connectivity index (χ4n) is 6.04. The van der Waals surface area contributed by atoms with Crippen LogP contribution in [0.1, 0.15) is 68.6 Å². The van der Waals surface area contributed by atoms with Crippen molar-refractivity contribution in [1.82, 2.24) is 4.90 Å². The molecule has 0 spiro atoms. The van der Waals surface area contributed by atoms with Crippen molar-refractivity contribution >= 4 is 34.3 Å². The first kappa shape index (κ1) is 21.1. The van der Waals surface area contributed by atoms with Crippen molar-refractivity contribution in [1.29, 1.82) is 0 Å². The first-order valence-electron chi connectivity index (χ1n) is 10.3. The molecule has 1 aliphatic carbocycles. The molecule has 0 N–H and O–H groups in total. The van der Waals surface area contributed by atoms with Crippen molar-refractivity contribution in [2.24, 2.45) is 11.3 Å². The van der Waals surface area contributed by atoms with E-state index in [-0.39, 0.29) is 18.4 Å². The monoisotopic (exact) mass is 455 g/mol. The summed E-state index contributed by atoms with van der Waals surface area (Å²) in [5.41, 5.74) is 1.16. The molecule has 27 heavy (non-hydrogen) atoms. The third kappa shape index (κ3) is 4.09. The molecule has 3 fully saturated rings. The van der Waals surface area contributed by atoms with Gasteiger partial charge in [-0.1, -0.05) is 35.7 Å². The fourth-order valence-corrected chi connectivity index (χ4v) is 6.30. The number of esters is 1. The minimum absolute atomic E-state index is 0. The summed E-state index contributed by atoms with van der Waals surface area (Å²) >= 11 is 3.41. The van der Waals surface area contributed by atoms with E-state index >= 15 is 0 Å². The van der Waals surface area contributed by atoms with Crippen LogP contribution in [0.15, 0.2) is 28.7 Å². The Labute approximate surface area is 177 Å². The van der Waals surface area contributed by atoms with Crippen molar-refractivity contribution in [3.8, 4) is 0 Å². The second-order valence-electron chi connectivity index (χ2n) is 8.50. The predicted octanol–water partition coefficient (Wildman–Crippen LogP) is 5.85. The standard InChI is InChI=1S/C22H30BrNO2.ClH/c1-2-22-11-3-4-13-24-19(14-17(20(22)24)6-5-12-22)15-26-21(25)16-7-9-18(23)10-8-16;/h7-10,17,19-20H,2-6,11-15H2,1H3;1H/t17-,19+,20+,22-;/m1./s1. The van der Waals surface area contributed by atoms with E-state index in [9.17, 15) is 4.79 Å². The molecule has 2 heterocycles. The molecule has 1 aromatic rings. The van der Waals surface area contributed by atoms with Gasteiger partial charge < -0.3 is 4.74 Å². The number of carbonyl (C=O) groups is 1. The normalized spacial score (nSPS) is 32.9. The third-order valence-electron chi connectivity index (χ3n) is 7.26. The zero-order valence-corrected chi connectivity index (χ0v) is 18.6. The Morgan fingerprint density at radius 1 is 1.22 bits per heavy atom. The number of halogens is 2. The highest BCUT2D eigenvalue weighted by atomic mass is 79.9. The van der Waals surface area contributed by atoms with Gasteiger partial charge in [-0.2, -0.15) is 0 Å². The molecule has 150 valence electrons. The molecular weight excluding hydrogens is 426 g/mol. The zero-order valence-electron chi connectivity index (χ0n) is 16.2. The molecule has 5 heteroatoms. The topological polar surface area (TPSA) is 29.5 Å². The highest BCUT2D eigenvalue weighted by Crippen LogP contribution is 2.54. The van der Waals surface area contributed by atoms with Gasteiger partial charge in [0.2, 0.25) is 0 Å². The minimum Gasteiger partial charge on any atom is -0.460 e. The molecule has 4 rings (SSSR count). The quantitative estimate of drug-likeness (QED) is 0.532. The van der Waals surface area contributed by atoms with Crippen molar-refractivity contribution in [3.63, 3.8) is 0 Å². The van der Waals surface area contributed by atoms with Crippen LogP contribution >= 0.6 is 28.3 Å². The number of carbonyl (C=O) groups excluding carboxylic acids is 1. The lowest BCUT2D eigenvalue weighted by Gasteiger charge is -2.48. The lowest BCUT2D eigenvalue weighted by molar-refractivity contribution is 0.00673. The van der Waals surface area contributed by atoms with Gasteiger partial charge in [0.1, 0.15) is 6.61 Å². The van der Waals surface area contributed by atoms with Gasteiger partial charge in [-0.3, -0.25) is 4.90 Å². The number of ether oxygens (including phenoxy) is 1. The molecule has 3 nitrogen and oxygen atoms in total. The maximum atomic E-state index is 12.4. The average molecular weight is 457 g/mol. The van der Waals surface area contributed by atoms with Gasteiger partial charge in [0.05, 0.1) is 5.56 Å². The summed E-state index contributed by atoms with van der Waals surface area (Å²) in [4.78, 5) is 15.2. The van der Waals surface area contributed by atoms with Gasteiger partial charge in [0.25, 0.3) is 0 Å². The van der Waals surface area contributed by atoms with E-state index in [2.05, 4.69) is 27.8 Å². The molecule has 0 amide bonds. The minimum atomic E-state index is -0.191. The number of hydrogen-bond acceptors (Lipinski definition) is 3. The molecule has 4 atom stereocenters. The summed E-state index contributed by atoms with van der Waals surface area (Å²) in [5.74, 6) is 0.613. The Hall–Kier alpha value is -0.580. The Bertz CT molecular complexity index is 652. The average Bonchev–Trinajstić information content (AvgIpc) is 2.89. The molecule has 2 aliphatic heterocycles. The molecule has 0 aromatic heterocycles. The van der Waals surface area contributed by atoms with Crippen LogP contribution in [0.2, 0.25) is 0 Å². The van der Waals surface area contributed by atoms with Crippen molar-refractivity contribution in [2.75, 3.05) is 13.2 Å². The van der Waals surface area contributed by atoms with Crippen molar-refractivity contribution in [2.45, 2.75) is 70.4 Å². The summed E-state index contributed by atoms with van der Waals surface area (Å²) in [5, 5.41) is 0. The van der Waals surface area contributed by atoms with Crippen LogP contribution in [0.25, 0.3) is 0 Å². The number of benzene rings is 1. The summed E-state index contributed by atoms with van der Waals surface area (Å²) < 4.78 is 6.74. The largest absolute Gasteiger partial charge is 0.460 e. The number of hydrogen-bond donors (Lipinski definition) is 0. The molecule has 1 saturated carbocycles. The Balaban J connectivity index is 0.00000210. The molecule has 1 aromatic carbocycles. The van der Waals surface area contributed by atoms with Crippen molar-refractivity contribution in [3.05, 3.63) is 34.3 Å². The summed E-state index contributed by atoms with van der Waals surface area (Å²) in [6, 6.07) is 8.58. The van der Waals surface area contributed by atoms with Crippen LogP contribution in [-0.2, 0) is 4.74 Å². The smallest absolute Gasteiger partial charge is 0.338 e. The van der Waals surface area contributed by atoms with Crippen LogP contribution in [-0.4, -0.2) is 36.1 Å². The number of rotatable bonds is 4. The van der Waals surface area contributed by atoms with Gasteiger partial charge in [-0.05, 0) is 80.7 Å². The van der Waals surface area contributed by atoms with Gasteiger partial charge in [-0.15, -0.1) is 12.4 Å². The lowest BCUT2D eigenvalue weighted by atomic mass is 9.63. The second kappa shape index (κ2) is 8.84. The Morgan fingerprint density at radius 3 is 2.70 bits per heavy atom. The van der Waals surface area contributed by atoms with E-state index in [4.69, 9.17) is 4.74 Å². The van der Waals surface area contributed by atoms with E-state index in [1.807, 2.05) is 24.3 Å².